The second-order valence-corrected chi connectivity index (χ2v) is 4.35. The average Bonchev–Trinajstić information content (AvgIpc) is 2.48. The zero-order valence-corrected chi connectivity index (χ0v) is 10.8. The number of nitro groups is 1. The molecule has 1 heterocycles. The lowest BCUT2D eigenvalue weighted by Crippen LogP contribution is -1.95. The summed E-state index contributed by atoms with van der Waals surface area (Å²) in [5.74, 6) is -0.141. The lowest BCUT2D eigenvalue weighted by Gasteiger charge is -2.08. The number of hydrogen-bond donors (Lipinski definition) is 1. The van der Waals surface area contributed by atoms with Crippen molar-refractivity contribution < 1.29 is 14.8 Å². The maximum absolute atomic E-state index is 10.9. The van der Waals surface area contributed by atoms with Crippen LogP contribution in [0.25, 0.3) is 10.8 Å². The fourth-order valence-corrected chi connectivity index (χ4v) is 1.99. The van der Waals surface area contributed by atoms with Crippen LogP contribution >= 0.6 is 0 Å². The number of nitrogens with zero attached hydrogens (tertiary/aromatic N) is 2. The Morgan fingerprint density at radius 2 is 1.81 bits per heavy atom. The van der Waals surface area contributed by atoms with Gasteiger partial charge in [-0.15, -0.1) is 0 Å². The third-order valence-electron chi connectivity index (χ3n) is 2.98. The van der Waals surface area contributed by atoms with Crippen molar-refractivity contribution in [1.29, 1.82) is 0 Å². The standard InChI is InChI=1S/C15H10N2O4/c18-13-8-10-4-1-2-5-11(10)9-14(13)21-15-12(17(19)20)6-3-7-16-15/h1-9,18H. The molecule has 0 aliphatic rings. The summed E-state index contributed by atoms with van der Waals surface area (Å²) >= 11 is 0. The first-order valence-corrected chi connectivity index (χ1v) is 6.14. The number of fused-ring (bicyclic) bond motifs is 1. The van der Waals surface area contributed by atoms with Crippen LogP contribution in [0, 0.1) is 10.1 Å². The Kier molecular flexibility index (Phi) is 3.12. The minimum atomic E-state index is -0.583. The Morgan fingerprint density at radius 1 is 1.10 bits per heavy atom. The molecule has 2 aromatic carbocycles. The predicted octanol–water partition coefficient (Wildman–Crippen LogP) is 3.64. The summed E-state index contributed by atoms with van der Waals surface area (Å²) in [6, 6.07) is 13.3. The highest BCUT2D eigenvalue weighted by molar-refractivity contribution is 5.86. The average molecular weight is 282 g/mol. The minimum Gasteiger partial charge on any atom is -0.504 e. The Balaban J connectivity index is 2.06. The number of phenolic OH excluding ortho intramolecular Hbond substituents is 1. The molecule has 0 unspecified atom stereocenters. The van der Waals surface area contributed by atoms with Crippen LogP contribution in [0.5, 0.6) is 17.4 Å². The van der Waals surface area contributed by atoms with Gasteiger partial charge in [-0.2, -0.15) is 0 Å². The van der Waals surface area contributed by atoms with Gasteiger partial charge in [0.25, 0.3) is 5.88 Å². The highest BCUT2D eigenvalue weighted by Crippen LogP contribution is 2.36. The number of aromatic hydroxyl groups is 1. The van der Waals surface area contributed by atoms with Crippen molar-refractivity contribution in [3.8, 4) is 17.4 Å². The van der Waals surface area contributed by atoms with E-state index in [4.69, 9.17) is 4.74 Å². The summed E-state index contributed by atoms with van der Waals surface area (Å²) < 4.78 is 5.41. The topological polar surface area (TPSA) is 85.5 Å². The molecule has 0 radical (unpaired) electrons. The van der Waals surface area contributed by atoms with E-state index < -0.39 is 4.92 Å². The monoisotopic (exact) mass is 282 g/mol. The van der Waals surface area contributed by atoms with E-state index in [0.29, 0.717) is 0 Å². The maximum Gasteiger partial charge on any atom is 0.331 e. The molecule has 3 rings (SSSR count). The molecule has 0 aliphatic heterocycles. The normalized spacial score (nSPS) is 10.5. The van der Waals surface area contributed by atoms with Crippen LogP contribution in [-0.4, -0.2) is 15.0 Å². The lowest BCUT2D eigenvalue weighted by atomic mass is 10.1. The summed E-state index contributed by atoms with van der Waals surface area (Å²) in [4.78, 5) is 14.2. The molecule has 3 aromatic rings. The first kappa shape index (κ1) is 12.9. The van der Waals surface area contributed by atoms with Crippen LogP contribution in [0.4, 0.5) is 5.69 Å². The van der Waals surface area contributed by atoms with Gasteiger partial charge in [0, 0.05) is 12.3 Å². The molecule has 0 amide bonds. The Labute approximate surface area is 119 Å². The van der Waals surface area contributed by atoms with Crippen molar-refractivity contribution in [2.45, 2.75) is 0 Å². The largest absolute Gasteiger partial charge is 0.504 e. The van der Waals surface area contributed by atoms with E-state index in [1.165, 1.54) is 18.3 Å². The molecule has 6 nitrogen and oxygen atoms in total. The van der Waals surface area contributed by atoms with E-state index in [1.54, 1.807) is 12.1 Å². The summed E-state index contributed by atoms with van der Waals surface area (Å²) in [7, 11) is 0. The van der Waals surface area contributed by atoms with E-state index in [-0.39, 0.29) is 23.1 Å². The van der Waals surface area contributed by atoms with Crippen LogP contribution in [0.1, 0.15) is 0 Å². The van der Waals surface area contributed by atoms with Gasteiger partial charge in [0.1, 0.15) is 0 Å². The summed E-state index contributed by atoms with van der Waals surface area (Å²) in [5.41, 5.74) is -0.259. The second-order valence-electron chi connectivity index (χ2n) is 4.35. The molecule has 6 heteroatoms. The Morgan fingerprint density at radius 3 is 2.52 bits per heavy atom. The molecule has 0 atom stereocenters. The SMILES string of the molecule is O=[N+]([O-])c1cccnc1Oc1cc2ccccc2cc1O. The van der Waals surface area contributed by atoms with Crippen LogP contribution in [0.3, 0.4) is 0 Å². The van der Waals surface area contributed by atoms with Crippen molar-refractivity contribution in [2.24, 2.45) is 0 Å². The molecule has 104 valence electrons. The van der Waals surface area contributed by atoms with Crippen molar-refractivity contribution >= 4 is 16.5 Å². The van der Waals surface area contributed by atoms with Crippen molar-refractivity contribution in [3.63, 3.8) is 0 Å². The van der Waals surface area contributed by atoms with Gasteiger partial charge in [-0.25, -0.2) is 4.98 Å². The van der Waals surface area contributed by atoms with E-state index in [1.807, 2.05) is 24.3 Å². The number of rotatable bonds is 3. The number of hydrogen-bond acceptors (Lipinski definition) is 5. The van der Waals surface area contributed by atoms with Gasteiger partial charge in [0.05, 0.1) is 4.92 Å². The third-order valence-corrected chi connectivity index (χ3v) is 2.98. The summed E-state index contributed by atoms with van der Waals surface area (Å²) in [6.45, 7) is 0. The number of phenols is 1. The third kappa shape index (κ3) is 2.46. The first-order chi connectivity index (χ1) is 10.1. The smallest absolute Gasteiger partial charge is 0.331 e. The van der Waals surface area contributed by atoms with Gasteiger partial charge in [-0.05, 0) is 29.0 Å². The maximum atomic E-state index is 10.9. The van der Waals surface area contributed by atoms with Crippen LogP contribution < -0.4 is 4.74 Å². The molecule has 1 N–H and O–H groups in total. The van der Waals surface area contributed by atoms with Gasteiger partial charge in [-0.3, -0.25) is 10.1 Å². The van der Waals surface area contributed by atoms with Crippen molar-refractivity contribution in [1.82, 2.24) is 4.98 Å². The predicted molar refractivity (Wildman–Crippen MR) is 76.6 cm³/mol. The molecule has 0 saturated heterocycles. The summed E-state index contributed by atoms with van der Waals surface area (Å²) in [5, 5.41) is 22.6. The number of ether oxygens (including phenoxy) is 1. The van der Waals surface area contributed by atoms with Crippen LogP contribution in [0.15, 0.2) is 54.7 Å². The highest BCUT2D eigenvalue weighted by Gasteiger charge is 2.18. The highest BCUT2D eigenvalue weighted by atomic mass is 16.6. The second kappa shape index (κ2) is 5.09. The summed E-state index contributed by atoms with van der Waals surface area (Å²) in [6.07, 6.45) is 1.39. The number of pyridine rings is 1. The molecule has 0 saturated carbocycles. The van der Waals surface area contributed by atoms with Gasteiger partial charge in [-0.1, -0.05) is 24.3 Å². The van der Waals surface area contributed by atoms with E-state index in [0.717, 1.165) is 10.8 Å². The van der Waals surface area contributed by atoms with E-state index in [9.17, 15) is 15.2 Å². The fourth-order valence-electron chi connectivity index (χ4n) is 1.99. The molecule has 0 fully saturated rings. The van der Waals surface area contributed by atoms with Crippen molar-refractivity contribution in [3.05, 3.63) is 64.8 Å². The molecule has 0 spiro atoms. The quantitative estimate of drug-likeness (QED) is 0.585. The lowest BCUT2D eigenvalue weighted by molar-refractivity contribution is -0.386. The number of benzene rings is 2. The Bertz CT molecular complexity index is 833. The zero-order chi connectivity index (χ0) is 14.8. The van der Waals surface area contributed by atoms with Gasteiger partial charge < -0.3 is 9.84 Å². The van der Waals surface area contributed by atoms with Gasteiger partial charge >= 0.3 is 5.69 Å². The molecule has 0 bridgehead atoms. The fraction of sp³-hybridized carbons (Fsp3) is 0. The zero-order valence-electron chi connectivity index (χ0n) is 10.8. The van der Waals surface area contributed by atoms with E-state index >= 15 is 0 Å². The molecule has 21 heavy (non-hydrogen) atoms. The Hall–Kier alpha value is -3.15. The minimum absolute atomic E-state index is 0.103. The van der Waals surface area contributed by atoms with Gasteiger partial charge in [0.15, 0.2) is 11.5 Å². The van der Waals surface area contributed by atoms with Crippen molar-refractivity contribution in [2.75, 3.05) is 0 Å². The van der Waals surface area contributed by atoms with Crippen LogP contribution in [0.2, 0.25) is 0 Å². The number of aromatic nitrogens is 1. The molecule has 1 aromatic heterocycles. The first-order valence-electron chi connectivity index (χ1n) is 6.14. The molecule has 0 aliphatic carbocycles. The van der Waals surface area contributed by atoms with Gasteiger partial charge in [0.2, 0.25) is 0 Å². The molecular weight excluding hydrogens is 272 g/mol. The van der Waals surface area contributed by atoms with E-state index in [2.05, 4.69) is 4.98 Å². The molecular formula is C15H10N2O4. The van der Waals surface area contributed by atoms with Crippen LogP contribution in [-0.2, 0) is 0 Å².